The quantitative estimate of drug-likeness (QED) is 0.765. The van der Waals surface area contributed by atoms with Gasteiger partial charge in [0, 0.05) is 0 Å². The maximum Gasteiger partial charge on any atom is 0.308 e. The summed E-state index contributed by atoms with van der Waals surface area (Å²) in [5.41, 5.74) is 0.972. The van der Waals surface area contributed by atoms with E-state index in [-0.39, 0.29) is 18.0 Å². The highest BCUT2D eigenvalue weighted by atomic mass is 16.5. The molecular weight excluding hydrogens is 244 g/mol. The highest BCUT2D eigenvalue weighted by Gasteiger charge is 2.37. The monoisotopic (exact) mass is 262 g/mol. The molecule has 1 aromatic carbocycles. The SMILES string of the molecule is C=Cc1ccc(OC)c(OC2CC(C(=O)OC)C2)c1. The van der Waals surface area contributed by atoms with Crippen LogP contribution >= 0.6 is 0 Å². The Hall–Kier alpha value is -1.97. The second-order valence-electron chi connectivity index (χ2n) is 4.55. The van der Waals surface area contributed by atoms with E-state index in [1.807, 2.05) is 18.2 Å². The van der Waals surface area contributed by atoms with Crippen LogP contribution in [0, 0.1) is 5.92 Å². The lowest BCUT2D eigenvalue weighted by atomic mass is 9.82. The molecule has 1 fully saturated rings. The summed E-state index contributed by atoms with van der Waals surface area (Å²) in [5.74, 6) is 1.18. The molecule has 0 aliphatic heterocycles. The number of hydrogen-bond donors (Lipinski definition) is 0. The number of benzene rings is 1. The number of methoxy groups -OCH3 is 2. The van der Waals surface area contributed by atoms with E-state index in [1.165, 1.54) is 7.11 Å². The lowest BCUT2D eigenvalue weighted by Gasteiger charge is -2.33. The molecule has 0 heterocycles. The predicted octanol–water partition coefficient (Wildman–Crippen LogP) is 2.67. The Bertz CT molecular complexity index is 475. The molecule has 0 amide bonds. The molecule has 0 radical (unpaired) electrons. The van der Waals surface area contributed by atoms with Crippen LogP contribution in [0.25, 0.3) is 6.08 Å². The minimum absolute atomic E-state index is 0.0384. The molecule has 0 spiro atoms. The van der Waals surface area contributed by atoms with Crippen LogP contribution in [0.2, 0.25) is 0 Å². The maximum atomic E-state index is 11.3. The first-order valence-electron chi connectivity index (χ1n) is 6.23. The van der Waals surface area contributed by atoms with Crippen molar-refractivity contribution < 1.29 is 19.0 Å². The first-order chi connectivity index (χ1) is 9.17. The Labute approximate surface area is 113 Å². The van der Waals surface area contributed by atoms with Crippen LogP contribution in [0.5, 0.6) is 11.5 Å². The molecule has 0 saturated heterocycles. The van der Waals surface area contributed by atoms with Gasteiger partial charge in [0.2, 0.25) is 0 Å². The van der Waals surface area contributed by atoms with Gasteiger partial charge < -0.3 is 14.2 Å². The minimum Gasteiger partial charge on any atom is -0.493 e. The highest BCUT2D eigenvalue weighted by molar-refractivity contribution is 5.73. The van der Waals surface area contributed by atoms with Crippen LogP contribution < -0.4 is 9.47 Å². The highest BCUT2D eigenvalue weighted by Crippen LogP contribution is 2.36. The van der Waals surface area contributed by atoms with Crippen LogP contribution in [0.1, 0.15) is 18.4 Å². The van der Waals surface area contributed by atoms with Crippen molar-refractivity contribution >= 4 is 12.0 Å². The van der Waals surface area contributed by atoms with Crippen molar-refractivity contribution in [1.82, 2.24) is 0 Å². The second-order valence-corrected chi connectivity index (χ2v) is 4.55. The number of rotatable bonds is 5. The molecule has 4 nitrogen and oxygen atoms in total. The summed E-state index contributed by atoms with van der Waals surface area (Å²) in [6.45, 7) is 3.73. The molecule has 19 heavy (non-hydrogen) atoms. The fourth-order valence-corrected chi connectivity index (χ4v) is 2.11. The third-order valence-corrected chi connectivity index (χ3v) is 3.35. The van der Waals surface area contributed by atoms with Crippen molar-refractivity contribution in [2.45, 2.75) is 18.9 Å². The molecule has 0 aromatic heterocycles. The summed E-state index contributed by atoms with van der Waals surface area (Å²) in [6, 6.07) is 5.65. The van der Waals surface area contributed by atoms with E-state index in [1.54, 1.807) is 13.2 Å². The number of carbonyl (C=O) groups is 1. The largest absolute Gasteiger partial charge is 0.493 e. The van der Waals surface area contributed by atoms with E-state index < -0.39 is 0 Å². The molecule has 102 valence electrons. The van der Waals surface area contributed by atoms with Gasteiger partial charge in [-0.05, 0) is 30.5 Å². The van der Waals surface area contributed by atoms with Gasteiger partial charge in [-0.2, -0.15) is 0 Å². The number of ether oxygens (including phenoxy) is 3. The first kappa shape index (κ1) is 13.5. The molecule has 4 heteroatoms. The third kappa shape index (κ3) is 2.89. The lowest BCUT2D eigenvalue weighted by Crippen LogP contribution is -2.38. The van der Waals surface area contributed by atoms with Gasteiger partial charge >= 0.3 is 5.97 Å². The standard InChI is InChI=1S/C15H18O4/c1-4-10-5-6-13(17-2)14(7-10)19-12-8-11(9-12)15(16)18-3/h4-7,11-12H,1,8-9H2,2-3H3. The van der Waals surface area contributed by atoms with Gasteiger partial charge in [-0.3, -0.25) is 4.79 Å². The smallest absolute Gasteiger partial charge is 0.308 e. The Kier molecular flexibility index (Phi) is 4.10. The number of carbonyl (C=O) groups excluding carboxylic acids is 1. The average Bonchev–Trinajstić information content (AvgIpc) is 2.41. The Balaban J connectivity index is 2.00. The van der Waals surface area contributed by atoms with E-state index in [0.717, 1.165) is 5.56 Å². The van der Waals surface area contributed by atoms with Gasteiger partial charge in [-0.1, -0.05) is 18.7 Å². The van der Waals surface area contributed by atoms with Gasteiger partial charge in [0.15, 0.2) is 11.5 Å². The molecular formula is C15H18O4. The average molecular weight is 262 g/mol. The number of esters is 1. The second kappa shape index (κ2) is 5.78. The zero-order valence-electron chi connectivity index (χ0n) is 11.2. The van der Waals surface area contributed by atoms with Crippen LogP contribution in [-0.2, 0) is 9.53 Å². The van der Waals surface area contributed by atoms with E-state index in [4.69, 9.17) is 14.2 Å². The normalized spacial score (nSPS) is 21.2. The molecule has 1 aliphatic rings. The lowest BCUT2D eigenvalue weighted by molar-refractivity contribution is -0.151. The van der Waals surface area contributed by atoms with Crippen LogP contribution in [0.4, 0.5) is 0 Å². The molecule has 0 unspecified atom stereocenters. The zero-order valence-corrected chi connectivity index (χ0v) is 11.2. The molecule has 0 N–H and O–H groups in total. The maximum absolute atomic E-state index is 11.3. The van der Waals surface area contributed by atoms with Crippen LogP contribution in [-0.4, -0.2) is 26.3 Å². The van der Waals surface area contributed by atoms with Gasteiger partial charge in [-0.15, -0.1) is 0 Å². The summed E-state index contributed by atoms with van der Waals surface area (Å²) in [5, 5.41) is 0. The van der Waals surface area contributed by atoms with Crippen molar-refractivity contribution in [3.05, 3.63) is 30.3 Å². The van der Waals surface area contributed by atoms with Crippen molar-refractivity contribution in [3.63, 3.8) is 0 Å². The van der Waals surface area contributed by atoms with Crippen molar-refractivity contribution in [2.24, 2.45) is 5.92 Å². The van der Waals surface area contributed by atoms with E-state index in [0.29, 0.717) is 24.3 Å². The third-order valence-electron chi connectivity index (χ3n) is 3.35. The fraction of sp³-hybridized carbons (Fsp3) is 0.400. The summed E-state index contributed by atoms with van der Waals surface area (Å²) in [6.07, 6.45) is 3.17. The predicted molar refractivity (Wildman–Crippen MR) is 72.2 cm³/mol. The van der Waals surface area contributed by atoms with Crippen molar-refractivity contribution in [3.8, 4) is 11.5 Å². The van der Waals surface area contributed by atoms with E-state index in [9.17, 15) is 4.79 Å². The van der Waals surface area contributed by atoms with E-state index >= 15 is 0 Å². The number of hydrogen-bond acceptors (Lipinski definition) is 4. The van der Waals surface area contributed by atoms with Gasteiger partial charge in [0.05, 0.1) is 20.1 Å². The molecule has 1 aliphatic carbocycles. The Morgan fingerprint density at radius 1 is 1.32 bits per heavy atom. The van der Waals surface area contributed by atoms with E-state index in [2.05, 4.69) is 6.58 Å². The van der Waals surface area contributed by atoms with Crippen molar-refractivity contribution in [2.75, 3.05) is 14.2 Å². The molecule has 1 aromatic rings. The Morgan fingerprint density at radius 3 is 2.63 bits per heavy atom. The topological polar surface area (TPSA) is 44.8 Å². The zero-order chi connectivity index (χ0) is 13.8. The minimum atomic E-state index is -0.161. The molecule has 1 saturated carbocycles. The summed E-state index contributed by atoms with van der Waals surface area (Å²) in [7, 11) is 3.01. The van der Waals surface area contributed by atoms with Gasteiger partial charge in [-0.25, -0.2) is 0 Å². The summed E-state index contributed by atoms with van der Waals surface area (Å²) < 4.78 is 15.8. The first-order valence-corrected chi connectivity index (χ1v) is 6.23. The van der Waals surface area contributed by atoms with Crippen LogP contribution in [0.3, 0.4) is 0 Å². The van der Waals surface area contributed by atoms with Crippen molar-refractivity contribution in [1.29, 1.82) is 0 Å². The van der Waals surface area contributed by atoms with Crippen LogP contribution in [0.15, 0.2) is 24.8 Å². The van der Waals surface area contributed by atoms with Gasteiger partial charge in [0.1, 0.15) is 6.10 Å². The summed E-state index contributed by atoms with van der Waals surface area (Å²) in [4.78, 5) is 11.3. The fourth-order valence-electron chi connectivity index (χ4n) is 2.11. The molecule has 0 bridgehead atoms. The summed E-state index contributed by atoms with van der Waals surface area (Å²) >= 11 is 0. The molecule has 2 rings (SSSR count). The Morgan fingerprint density at radius 2 is 2.05 bits per heavy atom. The molecule has 0 atom stereocenters. The van der Waals surface area contributed by atoms with Gasteiger partial charge in [0.25, 0.3) is 0 Å².